The van der Waals surface area contributed by atoms with Gasteiger partial charge in [-0.1, -0.05) is 5.16 Å². The van der Waals surface area contributed by atoms with Gasteiger partial charge in [0.25, 0.3) is 5.91 Å². The van der Waals surface area contributed by atoms with Crippen LogP contribution in [0.25, 0.3) is 22.4 Å². The first-order valence-corrected chi connectivity index (χ1v) is 7.00. The van der Waals surface area contributed by atoms with E-state index in [0.29, 0.717) is 22.5 Å². The Kier molecular flexibility index (Phi) is 3.20. The minimum Gasteiger partial charge on any atom is -0.408 e. The molecule has 1 aromatic carbocycles. The lowest BCUT2D eigenvalue weighted by Gasteiger charge is -2.01. The van der Waals surface area contributed by atoms with Crippen molar-refractivity contribution in [3.05, 3.63) is 65.0 Å². The van der Waals surface area contributed by atoms with Crippen molar-refractivity contribution >= 4 is 22.7 Å². The van der Waals surface area contributed by atoms with Crippen LogP contribution in [-0.2, 0) is 0 Å². The standard InChI is InChI=1S/C16H10N4O4/c21-15(12-7-14(24-20-12)9-2-1-5-17-8-9)18-10-3-4-13-11(6-10)19-16(22)23-13/h1-8H,(H,18,21)(H,19,22). The van der Waals surface area contributed by atoms with Crippen LogP contribution in [0.1, 0.15) is 10.5 Å². The Labute approximate surface area is 134 Å². The molecular formula is C16H10N4O4. The largest absolute Gasteiger partial charge is 0.417 e. The van der Waals surface area contributed by atoms with Gasteiger partial charge in [-0.15, -0.1) is 0 Å². The number of hydrogen-bond acceptors (Lipinski definition) is 6. The maximum Gasteiger partial charge on any atom is 0.417 e. The highest BCUT2D eigenvalue weighted by atomic mass is 16.5. The zero-order valence-electron chi connectivity index (χ0n) is 12.1. The number of amides is 1. The fourth-order valence-corrected chi connectivity index (χ4v) is 2.25. The van der Waals surface area contributed by atoms with E-state index >= 15 is 0 Å². The van der Waals surface area contributed by atoms with Crippen LogP contribution >= 0.6 is 0 Å². The molecule has 3 heterocycles. The van der Waals surface area contributed by atoms with Gasteiger partial charge in [-0.3, -0.25) is 14.8 Å². The van der Waals surface area contributed by atoms with Crippen molar-refractivity contribution in [3.63, 3.8) is 0 Å². The summed E-state index contributed by atoms with van der Waals surface area (Å²) in [5, 5.41) is 6.45. The SMILES string of the molecule is O=C(Nc1ccc2oc(=O)[nH]c2c1)c1cc(-c2cccnc2)on1. The summed E-state index contributed by atoms with van der Waals surface area (Å²) < 4.78 is 10.1. The van der Waals surface area contributed by atoms with E-state index in [2.05, 4.69) is 20.4 Å². The molecule has 0 saturated carbocycles. The lowest BCUT2D eigenvalue weighted by atomic mass is 10.2. The van der Waals surface area contributed by atoms with Gasteiger partial charge < -0.3 is 14.3 Å². The third-order valence-electron chi connectivity index (χ3n) is 3.37. The number of anilines is 1. The molecule has 3 aromatic heterocycles. The molecule has 2 N–H and O–H groups in total. The van der Waals surface area contributed by atoms with Crippen molar-refractivity contribution in [2.45, 2.75) is 0 Å². The number of benzene rings is 1. The molecule has 0 bridgehead atoms. The van der Waals surface area contributed by atoms with Gasteiger partial charge in [0.1, 0.15) is 0 Å². The van der Waals surface area contributed by atoms with E-state index in [-0.39, 0.29) is 5.69 Å². The second-order valence-electron chi connectivity index (χ2n) is 5.00. The van der Waals surface area contributed by atoms with Crippen LogP contribution in [0, 0.1) is 0 Å². The number of oxazole rings is 1. The Morgan fingerprint density at radius 1 is 1.21 bits per heavy atom. The van der Waals surface area contributed by atoms with E-state index in [4.69, 9.17) is 8.94 Å². The molecule has 4 rings (SSSR count). The second-order valence-corrected chi connectivity index (χ2v) is 5.00. The molecule has 0 aliphatic carbocycles. The number of rotatable bonds is 3. The third-order valence-corrected chi connectivity index (χ3v) is 3.37. The molecule has 0 aliphatic heterocycles. The Bertz CT molecular complexity index is 1080. The van der Waals surface area contributed by atoms with Crippen LogP contribution in [0.4, 0.5) is 5.69 Å². The number of hydrogen-bond donors (Lipinski definition) is 2. The lowest BCUT2D eigenvalue weighted by Crippen LogP contribution is -2.12. The number of carbonyl (C=O) groups excluding carboxylic acids is 1. The number of aromatic amines is 1. The van der Waals surface area contributed by atoms with Crippen LogP contribution in [0.2, 0.25) is 0 Å². The quantitative estimate of drug-likeness (QED) is 0.598. The molecule has 0 unspecified atom stereocenters. The number of nitrogens with one attached hydrogen (secondary N) is 2. The van der Waals surface area contributed by atoms with Crippen molar-refractivity contribution in [1.29, 1.82) is 0 Å². The molecular weight excluding hydrogens is 312 g/mol. The summed E-state index contributed by atoms with van der Waals surface area (Å²) in [6.45, 7) is 0. The van der Waals surface area contributed by atoms with E-state index in [1.807, 2.05) is 0 Å². The van der Waals surface area contributed by atoms with Crippen molar-refractivity contribution in [1.82, 2.24) is 15.1 Å². The summed E-state index contributed by atoms with van der Waals surface area (Å²) in [6, 6.07) is 9.91. The second kappa shape index (κ2) is 5.51. The molecule has 0 spiro atoms. The number of pyridine rings is 1. The van der Waals surface area contributed by atoms with Crippen molar-refractivity contribution in [2.24, 2.45) is 0 Å². The Morgan fingerprint density at radius 3 is 2.96 bits per heavy atom. The van der Waals surface area contributed by atoms with Gasteiger partial charge in [0.2, 0.25) is 0 Å². The highest BCUT2D eigenvalue weighted by Gasteiger charge is 2.14. The smallest absolute Gasteiger partial charge is 0.408 e. The molecule has 8 heteroatoms. The summed E-state index contributed by atoms with van der Waals surface area (Å²) in [5.41, 5.74) is 2.26. The maximum atomic E-state index is 12.3. The molecule has 118 valence electrons. The van der Waals surface area contributed by atoms with Gasteiger partial charge in [0.05, 0.1) is 5.52 Å². The Balaban J connectivity index is 1.57. The van der Waals surface area contributed by atoms with Gasteiger partial charge in [-0.2, -0.15) is 0 Å². The van der Waals surface area contributed by atoms with Gasteiger partial charge in [-0.05, 0) is 30.3 Å². The van der Waals surface area contributed by atoms with E-state index in [0.717, 1.165) is 5.56 Å². The van der Waals surface area contributed by atoms with Gasteiger partial charge >= 0.3 is 5.76 Å². The molecule has 0 saturated heterocycles. The van der Waals surface area contributed by atoms with E-state index in [9.17, 15) is 9.59 Å². The third kappa shape index (κ3) is 2.56. The van der Waals surface area contributed by atoms with Crippen molar-refractivity contribution in [3.8, 4) is 11.3 Å². The maximum absolute atomic E-state index is 12.3. The minimum absolute atomic E-state index is 0.134. The Morgan fingerprint density at radius 2 is 2.12 bits per heavy atom. The molecule has 0 atom stereocenters. The first-order chi connectivity index (χ1) is 11.7. The van der Waals surface area contributed by atoms with Gasteiger partial charge in [0.15, 0.2) is 17.0 Å². The van der Waals surface area contributed by atoms with E-state index in [1.165, 1.54) is 6.07 Å². The molecule has 1 amide bonds. The molecule has 0 radical (unpaired) electrons. The normalized spacial score (nSPS) is 10.8. The first kappa shape index (κ1) is 13.9. The van der Waals surface area contributed by atoms with Crippen LogP contribution in [-0.4, -0.2) is 21.0 Å². The monoisotopic (exact) mass is 322 g/mol. The average Bonchev–Trinajstić information content (AvgIpc) is 3.21. The number of carbonyl (C=O) groups is 1. The molecule has 8 nitrogen and oxygen atoms in total. The predicted octanol–water partition coefficient (Wildman–Crippen LogP) is 2.42. The fraction of sp³-hybridized carbons (Fsp3) is 0. The predicted molar refractivity (Wildman–Crippen MR) is 84.5 cm³/mol. The van der Waals surface area contributed by atoms with Gasteiger partial charge in [0, 0.05) is 29.7 Å². The average molecular weight is 322 g/mol. The van der Waals surface area contributed by atoms with Crippen molar-refractivity contribution < 1.29 is 13.7 Å². The van der Waals surface area contributed by atoms with Gasteiger partial charge in [-0.25, -0.2) is 4.79 Å². The summed E-state index contributed by atoms with van der Waals surface area (Å²) in [4.78, 5) is 29.9. The van der Waals surface area contributed by atoms with Crippen LogP contribution in [0.3, 0.4) is 0 Å². The lowest BCUT2D eigenvalue weighted by molar-refractivity contribution is 0.101. The highest BCUT2D eigenvalue weighted by molar-refractivity contribution is 6.04. The van der Waals surface area contributed by atoms with E-state index < -0.39 is 11.7 Å². The minimum atomic E-state index is -0.550. The van der Waals surface area contributed by atoms with Crippen LogP contribution < -0.4 is 11.1 Å². The number of aromatic nitrogens is 3. The molecule has 0 aliphatic rings. The first-order valence-electron chi connectivity index (χ1n) is 7.00. The zero-order valence-corrected chi connectivity index (χ0v) is 12.1. The highest BCUT2D eigenvalue weighted by Crippen LogP contribution is 2.20. The summed E-state index contributed by atoms with van der Waals surface area (Å²) in [6.07, 6.45) is 3.26. The summed E-state index contributed by atoms with van der Waals surface area (Å²) >= 11 is 0. The number of H-pyrrole nitrogens is 1. The zero-order chi connectivity index (χ0) is 16.5. The molecule has 4 aromatic rings. The summed E-state index contributed by atoms with van der Waals surface area (Å²) in [7, 11) is 0. The van der Waals surface area contributed by atoms with Crippen LogP contribution in [0.5, 0.6) is 0 Å². The summed E-state index contributed by atoms with van der Waals surface area (Å²) in [5.74, 6) is -0.534. The number of fused-ring (bicyclic) bond motifs is 1. The van der Waals surface area contributed by atoms with Crippen molar-refractivity contribution in [2.75, 3.05) is 5.32 Å². The Hall–Kier alpha value is -3.68. The fourth-order valence-electron chi connectivity index (χ4n) is 2.25. The number of nitrogens with zero attached hydrogens (tertiary/aromatic N) is 2. The van der Waals surface area contributed by atoms with E-state index in [1.54, 1.807) is 42.7 Å². The molecule has 24 heavy (non-hydrogen) atoms. The van der Waals surface area contributed by atoms with Crippen LogP contribution in [0.15, 0.2) is 62.5 Å². The topological polar surface area (TPSA) is 114 Å². The molecule has 0 fully saturated rings.